The van der Waals surface area contributed by atoms with Gasteiger partial charge in [0.15, 0.2) is 17.5 Å². The normalized spacial score (nSPS) is 15.1. The summed E-state index contributed by atoms with van der Waals surface area (Å²) in [5.74, 6) is 2.23. The molecule has 1 heterocycles. The third-order valence-electron chi connectivity index (χ3n) is 4.57. The molecule has 1 atom stereocenters. The zero-order valence-corrected chi connectivity index (χ0v) is 20.5. The van der Waals surface area contributed by atoms with Gasteiger partial charge in [0.25, 0.3) is 0 Å². The first-order valence-electron chi connectivity index (χ1n) is 10.4. The third-order valence-corrected chi connectivity index (χ3v) is 4.57. The Kier molecular flexibility index (Phi) is 9.90. The molecule has 31 heavy (non-hydrogen) atoms. The number of fused-ring (bicyclic) bond motifs is 1. The number of halogens is 1. The largest absolute Gasteiger partial charge is 0.486 e. The minimum atomic E-state index is -0.0902. The van der Waals surface area contributed by atoms with Crippen LogP contribution in [0.5, 0.6) is 11.5 Å². The standard InChI is InChI=1S/C23H30N4O3.HI/c1-4-24-23(26-14-19-15-29-20-7-5-6-8-21(20)30-19)25-13-17-9-11-18(12-10-17)27-22(28)16(2)3;/h5-12,16,19H,4,13-15H2,1-3H3,(H,27,28)(H2,24,25,26);1H. The van der Waals surface area contributed by atoms with Gasteiger partial charge < -0.3 is 25.4 Å². The molecule has 1 amide bonds. The lowest BCUT2D eigenvalue weighted by atomic mass is 10.2. The van der Waals surface area contributed by atoms with Crippen LogP contribution >= 0.6 is 24.0 Å². The predicted octanol–water partition coefficient (Wildman–Crippen LogP) is 3.79. The number of guanidine groups is 1. The molecule has 1 unspecified atom stereocenters. The molecule has 2 aromatic rings. The summed E-state index contributed by atoms with van der Waals surface area (Å²) >= 11 is 0. The summed E-state index contributed by atoms with van der Waals surface area (Å²) in [6.07, 6.45) is -0.0902. The Bertz CT molecular complexity index is 871. The van der Waals surface area contributed by atoms with Crippen molar-refractivity contribution >= 4 is 41.5 Å². The third kappa shape index (κ3) is 7.61. The summed E-state index contributed by atoms with van der Waals surface area (Å²) in [5.41, 5.74) is 1.85. The molecule has 0 spiro atoms. The van der Waals surface area contributed by atoms with Crippen LogP contribution in [0.25, 0.3) is 0 Å². The van der Waals surface area contributed by atoms with Crippen LogP contribution in [0.3, 0.4) is 0 Å². The Balaban J connectivity index is 0.00000341. The lowest BCUT2D eigenvalue weighted by molar-refractivity contribution is -0.118. The molecule has 0 aliphatic carbocycles. The molecule has 2 aromatic carbocycles. The lowest BCUT2D eigenvalue weighted by Gasteiger charge is -2.27. The number of hydrogen-bond donors (Lipinski definition) is 3. The van der Waals surface area contributed by atoms with Gasteiger partial charge in [0.1, 0.15) is 12.7 Å². The maximum Gasteiger partial charge on any atom is 0.226 e. The van der Waals surface area contributed by atoms with E-state index in [1.807, 2.05) is 69.3 Å². The SMILES string of the molecule is CCNC(=NCc1ccc(NC(=O)C(C)C)cc1)NCC1COc2ccccc2O1.I. The van der Waals surface area contributed by atoms with Crippen LogP contribution < -0.4 is 25.4 Å². The van der Waals surface area contributed by atoms with Crippen LogP contribution in [0.1, 0.15) is 26.3 Å². The van der Waals surface area contributed by atoms with Crippen molar-refractivity contribution in [2.45, 2.75) is 33.4 Å². The Morgan fingerprint density at radius 3 is 2.48 bits per heavy atom. The summed E-state index contributed by atoms with van der Waals surface area (Å²) in [6, 6.07) is 15.4. The van der Waals surface area contributed by atoms with Crippen molar-refractivity contribution in [3.05, 3.63) is 54.1 Å². The number of rotatable bonds is 7. The second kappa shape index (κ2) is 12.4. The van der Waals surface area contributed by atoms with Crippen LogP contribution in [-0.4, -0.2) is 37.7 Å². The lowest BCUT2D eigenvalue weighted by Crippen LogP contribution is -2.45. The van der Waals surface area contributed by atoms with Gasteiger partial charge in [-0.1, -0.05) is 38.1 Å². The zero-order valence-electron chi connectivity index (χ0n) is 18.2. The first kappa shape index (κ1) is 24.8. The highest BCUT2D eigenvalue weighted by atomic mass is 127. The van der Waals surface area contributed by atoms with Crippen LogP contribution in [0.15, 0.2) is 53.5 Å². The van der Waals surface area contributed by atoms with Crippen LogP contribution in [0, 0.1) is 5.92 Å². The molecule has 1 aliphatic heterocycles. The van der Waals surface area contributed by atoms with Gasteiger partial charge in [-0.2, -0.15) is 0 Å². The fourth-order valence-electron chi connectivity index (χ4n) is 2.87. The minimum Gasteiger partial charge on any atom is -0.486 e. The van der Waals surface area contributed by atoms with E-state index in [1.54, 1.807) is 0 Å². The van der Waals surface area contributed by atoms with Crippen molar-refractivity contribution in [1.82, 2.24) is 10.6 Å². The molecule has 0 fully saturated rings. The number of amides is 1. The molecule has 0 saturated heterocycles. The van der Waals surface area contributed by atoms with Gasteiger partial charge in [-0.25, -0.2) is 4.99 Å². The van der Waals surface area contributed by atoms with E-state index in [4.69, 9.17) is 9.47 Å². The summed E-state index contributed by atoms with van der Waals surface area (Å²) in [5, 5.41) is 9.46. The minimum absolute atomic E-state index is 0. The molecule has 0 bridgehead atoms. The van der Waals surface area contributed by atoms with Crippen molar-refractivity contribution in [3.8, 4) is 11.5 Å². The molecule has 0 aromatic heterocycles. The summed E-state index contributed by atoms with van der Waals surface area (Å²) in [4.78, 5) is 16.4. The Morgan fingerprint density at radius 1 is 1.10 bits per heavy atom. The molecule has 1 aliphatic rings. The number of hydrogen-bond acceptors (Lipinski definition) is 4. The zero-order chi connectivity index (χ0) is 21.3. The number of carbonyl (C=O) groups excluding carboxylic acids is 1. The number of anilines is 1. The highest BCUT2D eigenvalue weighted by molar-refractivity contribution is 14.0. The molecule has 168 valence electrons. The highest BCUT2D eigenvalue weighted by Gasteiger charge is 2.20. The van der Waals surface area contributed by atoms with E-state index in [0.29, 0.717) is 19.7 Å². The van der Waals surface area contributed by atoms with Gasteiger partial charge in [-0.05, 0) is 36.8 Å². The van der Waals surface area contributed by atoms with Gasteiger partial charge in [0.2, 0.25) is 5.91 Å². The Morgan fingerprint density at radius 2 is 1.81 bits per heavy atom. The molecule has 3 N–H and O–H groups in total. The van der Waals surface area contributed by atoms with E-state index < -0.39 is 0 Å². The summed E-state index contributed by atoms with van der Waals surface area (Å²) in [6.45, 7) is 8.14. The van der Waals surface area contributed by atoms with Gasteiger partial charge in [0.05, 0.1) is 13.1 Å². The summed E-state index contributed by atoms with van der Waals surface area (Å²) in [7, 11) is 0. The first-order valence-corrected chi connectivity index (χ1v) is 10.4. The van der Waals surface area contributed by atoms with Crippen molar-refractivity contribution in [3.63, 3.8) is 0 Å². The molecular weight excluding hydrogens is 507 g/mol. The van der Waals surface area contributed by atoms with Gasteiger partial charge in [0, 0.05) is 18.2 Å². The topological polar surface area (TPSA) is 84.0 Å². The van der Waals surface area contributed by atoms with Gasteiger partial charge >= 0.3 is 0 Å². The average molecular weight is 538 g/mol. The highest BCUT2D eigenvalue weighted by Crippen LogP contribution is 2.30. The van der Waals surface area contributed by atoms with Crippen LogP contribution in [0.2, 0.25) is 0 Å². The monoisotopic (exact) mass is 538 g/mol. The number of para-hydroxylation sites is 2. The fourth-order valence-corrected chi connectivity index (χ4v) is 2.87. The van der Waals surface area contributed by atoms with E-state index in [1.165, 1.54) is 0 Å². The number of nitrogens with one attached hydrogen (secondary N) is 3. The van der Waals surface area contributed by atoms with E-state index in [-0.39, 0.29) is 41.9 Å². The van der Waals surface area contributed by atoms with Crippen molar-refractivity contribution in [2.24, 2.45) is 10.9 Å². The second-order valence-electron chi connectivity index (χ2n) is 7.41. The quantitative estimate of drug-likeness (QED) is 0.284. The number of benzene rings is 2. The molecule has 8 heteroatoms. The second-order valence-corrected chi connectivity index (χ2v) is 7.41. The maximum atomic E-state index is 11.8. The van der Waals surface area contributed by atoms with E-state index >= 15 is 0 Å². The van der Waals surface area contributed by atoms with Gasteiger partial charge in [-0.3, -0.25) is 4.79 Å². The average Bonchev–Trinajstić information content (AvgIpc) is 2.76. The maximum absolute atomic E-state index is 11.8. The number of ether oxygens (including phenoxy) is 2. The van der Waals surface area contributed by atoms with E-state index in [2.05, 4.69) is 20.9 Å². The van der Waals surface area contributed by atoms with E-state index in [0.717, 1.165) is 35.3 Å². The van der Waals surface area contributed by atoms with E-state index in [9.17, 15) is 4.79 Å². The molecule has 7 nitrogen and oxygen atoms in total. The van der Waals surface area contributed by atoms with Gasteiger partial charge in [-0.15, -0.1) is 24.0 Å². The summed E-state index contributed by atoms with van der Waals surface area (Å²) < 4.78 is 11.7. The number of nitrogens with zero attached hydrogens (tertiary/aromatic N) is 1. The first-order chi connectivity index (χ1) is 14.5. The van der Waals surface area contributed by atoms with Crippen LogP contribution in [0.4, 0.5) is 5.69 Å². The predicted molar refractivity (Wildman–Crippen MR) is 134 cm³/mol. The number of carbonyl (C=O) groups is 1. The molecule has 3 rings (SSSR count). The molecular formula is C23H31IN4O3. The van der Waals surface area contributed by atoms with Crippen molar-refractivity contribution in [2.75, 3.05) is 25.0 Å². The Hall–Kier alpha value is -2.49. The van der Waals surface area contributed by atoms with Crippen molar-refractivity contribution < 1.29 is 14.3 Å². The molecule has 0 radical (unpaired) electrons. The van der Waals surface area contributed by atoms with Crippen molar-refractivity contribution in [1.29, 1.82) is 0 Å². The molecule has 0 saturated carbocycles. The van der Waals surface area contributed by atoms with Crippen LogP contribution in [-0.2, 0) is 11.3 Å². The smallest absolute Gasteiger partial charge is 0.226 e. The Labute approximate surface area is 201 Å². The fraction of sp³-hybridized carbons (Fsp3) is 0.391. The number of aliphatic imine (C=N–C) groups is 1.